The Morgan fingerprint density at radius 1 is 1.24 bits per heavy atom. The number of carbonyl (C=O) groups excluding carboxylic acids is 1. The predicted molar refractivity (Wildman–Crippen MR) is 74.6 cm³/mol. The second-order valence-electron chi connectivity index (χ2n) is 4.64. The van der Waals surface area contributed by atoms with Gasteiger partial charge in [-0.3, -0.25) is 4.79 Å². The normalized spacial score (nSPS) is 23.4. The zero-order chi connectivity index (χ0) is 13.1. The van der Waals surface area contributed by atoms with Gasteiger partial charge in [-0.25, -0.2) is 0 Å². The molecule has 0 saturated heterocycles. The van der Waals surface area contributed by atoms with Crippen LogP contribution in [0.3, 0.4) is 0 Å². The standard InChI is InChI=1S/C7H10.C6H13NO.C2H4/c1-2-7-4-3-6(1)5-7;1-2-3-4-5-6(7)8;1-2/h1-2,6-7H,3-5H2;2-5H2,1H3,(H2,7,8);1-2H2. The predicted octanol–water partition coefficient (Wildman–Crippen LogP) is 3.83. The van der Waals surface area contributed by atoms with Crippen LogP contribution in [0.5, 0.6) is 0 Å². The van der Waals surface area contributed by atoms with Crippen LogP contribution in [0, 0.1) is 11.8 Å². The fourth-order valence-corrected chi connectivity index (χ4v) is 2.27. The van der Waals surface area contributed by atoms with E-state index >= 15 is 0 Å². The number of fused-ring (bicyclic) bond motifs is 2. The summed E-state index contributed by atoms with van der Waals surface area (Å²) < 4.78 is 0. The Morgan fingerprint density at radius 3 is 2.00 bits per heavy atom. The first kappa shape index (κ1) is 16.0. The van der Waals surface area contributed by atoms with Crippen molar-refractivity contribution in [3.8, 4) is 0 Å². The van der Waals surface area contributed by atoms with E-state index in [1.54, 1.807) is 0 Å². The summed E-state index contributed by atoms with van der Waals surface area (Å²) >= 11 is 0. The lowest BCUT2D eigenvalue weighted by molar-refractivity contribution is -0.118. The third-order valence-electron chi connectivity index (χ3n) is 3.20. The summed E-state index contributed by atoms with van der Waals surface area (Å²) in [7, 11) is 0. The molecule has 2 rings (SSSR count). The highest BCUT2D eigenvalue weighted by Gasteiger charge is 2.25. The van der Waals surface area contributed by atoms with Gasteiger partial charge in [-0.15, -0.1) is 13.2 Å². The summed E-state index contributed by atoms with van der Waals surface area (Å²) in [5.74, 6) is 1.80. The van der Waals surface area contributed by atoms with Crippen LogP contribution in [-0.4, -0.2) is 5.91 Å². The van der Waals surface area contributed by atoms with Gasteiger partial charge in [-0.05, 0) is 37.5 Å². The summed E-state index contributed by atoms with van der Waals surface area (Å²) in [5.41, 5.74) is 4.89. The van der Waals surface area contributed by atoms with Crippen LogP contribution < -0.4 is 5.73 Å². The van der Waals surface area contributed by atoms with Crippen molar-refractivity contribution >= 4 is 5.91 Å². The minimum Gasteiger partial charge on any atom is -0.370 e. The van der Waals surface area contributed by atoms with Crippen molar-refractivity contribution in [1.82, 2.24) is 0 Å². The van der Waals surface area contributed by atoms with Gasteiger partial charge in [0.25, 0.3) is 0 Å². The number of allylic oxidation sites excluding steroid dienone is 2. The molecule has 2 bridgehead atoms. The second-order valence-corrected chi connectivity index (χ2v) is 4.64. The van der Waals surface area contributed by atoms with Crippen LogP contribution in [0.15, 0.2) is 25.3 Å². The molecule has 2 atom stereocenters. The molecule has 1 fully saturated rings. The number of rotatable bonds is 4. The minimum atomic E-state index is -0.182. The van der Waals surface area contributed by atoms with Crippen molar-refractivity contribution in [3.63, 3.8) is 0 Å². The number of hydrogen-bond donors (Lipinski definition) is 1. The lowest BCUT2D eigenvalue weighted by Crippen LogP contribution is -2.09. The number of amides is 1. The summed E-state index contributed by atoms with van der Waals surface area (Å²) in [5, 5.41) is 0. The highest BCUT2D eigenvalue weighted by atomic mass is 16.1. The van der Waals surface area contributed by atoms with E-state index in [9.17, 15) is 4.79 Å². The van der Waals surface area contributed by atoms with Gasteiger partial charge in [0.15, 0.2) is 0 Å². The Labute approximate surface area is 106 Å². The summed E-state index contributed by atoms with van der Waals surface area (Å²) in [4.78, 5) is 10.1. The van der Waals surface area contributed by atoms with Crippen molar-refractivity contribution in [1.29, 1.82) is 0 Å². The molecule has 0 aromatic rings. The van der Waals surface area contributed by atoms with Gasteiger partial charge in [0.2, 0.25) is 5.91 Å². The van der Waals surface area contributed by atoms with E-state index in [1.807, 2.05) is 0 Å². The fraction of sp³-hybridized carbons (Fsp3) is 0.667. The van der Waals surface area contributed by atoms with Crippen LogP contribution >= 0.6 is 0 Å². The van der Waals surface area contributed by atoms with Gasteiger partial charge in [0.05, 0.1) is 0 Å². The zero-order valence-corrected chi connectivity index (χ0v) is 11.2. The maximum absolute atomic E-state index is 10.1. The van der Waals surface area contributed by atoms with Gasteiger partial charge in [0, 0.05) is 6.42 Å². The van der Waals surface area contributed by atoms with E-state index in [-0.39, 0.29) is 5.91 Å². The van der Waals surface area contributed by atoms with Crippen LogP contribution in [-0.2, 0) is 4.79 Å². The Hall–Kier alpha value is -1.05. The Morgan fingerprint density at radius 2 is 1.76 bits per heavy atom. The first-order valence-corrected chi connectivity index (χ1v) is 6.69. The lowest BCUT2D eigenvalue weighted by Gasteiger charge is -1.96. The van der Waals surface area contributed by atoms with Crippen molar-refractivity contribution in [2.45, 2.75) is 51.9 Å². The maximum atomic E-state index is 10.1. The topological polar surface area (TPSA) is 43.1 Å². The van der Waals surface area contributed by atoms with E-state index < -0.39 is 0 Å². The average molecular weight is 237 g/mol. The molecule has 0 radical (unpaired) electrons. The molecule has 0 heterocycles. The minimum absolute atomic E-state index is 0.182. The number of carbonyl (C=O) groups is 1. The molecule has 2 nitrogen and oxygen atoms in total. The van der Waals surface area contributed by atoms with E-state index in [2.05, 4.69) is 32.2 Å². The first-order chi connectivity index (χ1) is 8.22. The molecule has 0 aliphatic heterocycles. The third-order valence-corrected chi connectivity index (χ3v) is 3.20. The number of primary amides is 1. The van der Waals surface area contributed by atoms with Crippen molar-refractivity contribution in [3.05, 3.63) is 25.3 Å². The molecular weight excluding hydrogens is 210 g/mol. The monoisotopic (exact) mass is 237 g/mol. The van der Waals surface area contributed by atoms with Crippen LogP contribution in [0.4, 0.5) is 0 Å². The summed E-state index contributed by atoms with van der Waals surface area (Å²) in [6, 6.07) is 0. The molecule has 17 heavy (non-hydrogen) atoms. The van der Waals surface area contributed by atoms with Crippen molar-refractivity contribution in [2.24, 2.45) is 17.6 Å². The lowest BCUT2D eigenvalue weighted by atomic mass is 10.1. The number of hydrogen-bond acceptors (Lipinski definition) is 1. The van der Waals surface area contributed by atoms with Gasteiger partial charge < -0.3 is 5.73 Å². The molecular formula is C15H27NO. The Bertz CT molecular complexity index is 223. The third kappa shape index (κ3) is 7.78. The quantitative estimate of drug-likeness (QED) is 0.586. The van der Waals surface area contributed by atoms with Crippen molar-refractivity contribution in [2.75, 3.05) is 0 Å². The van der Waals surface area contributed by atoms with Gasteiger partial charge in [-0.1, -0.05) is 31.9 Å². The van der Waals surface area contributed by atoms with E-state index in [0.29, 0.717) is 6.42 Å². The second kappa shape index (κ2) is 10.1. The molecule has 2 unspecified atom stereocenters. The largest absolute Gasteiger partial charge is 0.370 e. The molecule has 98 valence electrons. The molecule has 2 N–H and O–H groups in total. The summed E-state index contributed by atoms with van der Waals surface area (Å²) in [6.45, 7) is 8.10. The highest BCUT2D eigenvalue weighted by Crippen LogP contribution is 2.38. The smallest absolute Gasteiger partial charge is 0.217 e. The first-order valence-electron chi connectivity index (χ1n) is 6.69. The Kier molecular flexibility index (Phi) is 9.50. The van der Waals surface area contributed by atoms with Gasteiger partial charge >= 0.3 is 0 Å². The fourth-order valence-electron chi connectivity index (χ4n) is 2.27. The van der Waals surface area contributed by atoms with E-state index in [1.165, 1.54) is 19.3 Å². The summed E-state index contributed by atoms with van der Waals surface area (Å²) in [6.07, 6.45) is 12.9. The maximum Gasteiger partial charge on any atom is 0.217 e. The van der Waals surface area contributed by atoms with E-state index in [4.69, 9.17) is 5.73 Å². The number of nitrogens with two attached hydrogens (primary N) is 1. The molecule has 1 saturated carbocycles. The SMILES string of the molecule is C1=CC2CCC1C2.C=C.CCCCCC(N)=O. The molecule has 2 aliphatic rings. The molecule has 1 amide bonds. The van der Waals surface area contributed by atoms with E-state index in [0.717, 1.165) is 31.1 Å². The molecule has 2 heteroatoms. The molecule has 0 aromatic heterocycles. The molecule has 0 spiro atoms. The van der Waals surface area contributed by atoms with Crippen molar-refractivity contribution < 1.29 is 4.79 Å². The van der Waals surface area contributed by atoms with Gasteiger partial charge in [0.1, 0.15) is 0 Å². The molecule has 0 aromatic carbocycles. The zero-order valence-electron chi connectivity index (χ0n) is 11.2. The molecule has 2 aliphatic carbocycles. The Balaban J connectivity index is 0.000000263. The van der Waals surface area contributed by atoms with Crippen LogP contribution in [0.25, 0.3) is 0 Å². The van der Waals surface area contributed by atoms with Gasteiger partial charge in [-0.2, -0.15) is 0 Å². The van der Waals surface area contributed by atoms with Crippen LogP contribution in [0.2, 0.25) is 0 Å². The van der Waals surface area contributed by atoms with Crippen LogP contribution in [0.1, 0.15) is 51.9 Å². The number of unbranched alkanes of at least 4 members (excludes halogenated alkanes) is 2. The average Bonchev–Trinajstić information content (AvgIpc) is 2.97. The highest BCUT2D eigenvalue weighted by molar-refractivity contribution is 5.73.